The molecule has 0 saturated carbocycles. The molecule has 0 saturated heterocycles. The fourth-order valence-corrected chi connectivity index (χ4v) is 5.36. The molecule has 0 aromatic heterocycles. The van der Waals surface area contributed by atoms with Crippen LogP contribution in [0.15, 0.2) is 97.1 Å². The van der Waals surface area contributed by atoms with Crippen LogP contribution in [0.25, 0.3) is 22.3 Å². The third-order valence-electron chi connectivity index (χ3n) is 6.57. The lowest BCUT2D eigenvalue weighted by molar-refractivity contribution is 0.570. The highest BCUT2D eigenvalue weighted by atomic mass is 32.1. The van der Waals surface area contributed by atoms with Gasteiger partial charge in [-0.25, -0.2) is 0 Å². The normalized spacial score (nSPS) is 16.9. The van der Waals surface area contributed by atoms with Crippen molar-refractivity contribution in [3.8, 4) is 22.3 Å². The second kappa shape index (κ2) is 7.81. The number of hydrogen-bond donors (Lipinski definition) is 1. The van der Waals surface area contributed by atoms with Crippen molar-refractivity contribution in [1.29, 1.82) is 0 Å². The van der Waals surface area contributed by atoms with Crippen LogP contribution >= 0.6 is 12.6 Å². The van der Waals surface area contributed by atoms with E-state index < -0.39 is 0 Å². The summed E-state index contributed by atoms with van der Waals surface area (Å²) in [5.74, 6) is 0.884. The highest BCUT2D eigenvalue weighted by molar-refractivity contribution is 7.80. The van der Waals surface area contributed by atoms with Gasteiger partial charge in [-0.1, -0.05) is 104 Å². The quantitative estimate of drug-likeness (QED) is 0.325. The number of thiol groups is 1. The molecule has 1 aliphatic carbocycles. The fourth-order valence-electron chi connectivity index (χ4n) is 4.91. The molecular formula is C29H26S. The van der Waals surface area contributed by atoms with Crippen LogP contribution in [0.1, 0.15) is 35.6 Å². The van der Waals surface area contributed by atoms with Gasteiger partial charge in [0.2, 0.25) is 0 Å². The smallest absolute Gasteiger partial charge is 0.0194 e. The molecule has 148 valence electrons. The van der Waals surface area contributed by atoms with Crippen LogP contribution in [0.4, 0.5) is 0 Å². The minimum Gasteiger partial charge on any atom is -0.179 e. The van der Waals surface area contributed by atoms with Crippen molar-refractivity contribution in [3.63, 3.8) is 0 Å². The maximum absolute atomic E-state index is 4.58. The van der Waals surface area contributed by atoms with Gasteiger partial charge in [0.25, 0.3) is 0 Å². The first-order valence-electron chi connectivity index (χ1n) is 10.7. The standard InChI is InChI=1S/C29H26S/c1-29(17-18-30)27-10-6-5-9-25(27)26-16-13-22(20-28(26)29)19-21-11-14-24(15-12-21)23-7-3-2-4-8-23/h2-16,20,30H,17-19H2,1H3. The zero-order valence-corrected chi connectivity index (χ0v) is 18.2. The van der Waals surface area contributed by atoms with E-state index in [-0.39, 0.29) is 5.41 Å². The Labute approximate surface area is 185 Å². The summed E-state index contributed by atoms with van der Waals surface area (Å²) in [5.41, 5.74) is 11.0. The predicted octanol–water partition coefficient (Wildman–Crippen LogP) is 7.55. The van der Waals surface area contributed by atoms with Crippen molar-refractivity contribution in [2.24, 2.45) is 0 Å². The van der Waals surface area contributed by atoms with E-state index in [1.807, 2.05) is 0 Å². The molecule has 4 aromatic carbocycles. The van der Waals surface area contributed by atoms with Crippen molar-refractivity contribution in [2.75, 3.05) is 5.75 Å². The van der Waals surface area contributed by atoms with E-state index in [0.29, 0.717) is 0 Å². The minimum atomic E-state index is 0.0425. The number of fused-ring (bicyclic) bond motifs is 3. The zero-order valence-electron chi connectivity index (χ0n) is 17.3. The second-order valence-electron chi connectivity index (χ2n) is 8.47. The summed E-state index contributed by atoms with van der Waals surface area (Å²) < 4.78 is 0. The van der Waals surface area contributed by atoms with Gasteiger partial charge in [0.1, 0.15) is 0 Å². The predicted molar refractivity (Wildman–Crippen MR) is 131 cm³/mol. The van der Waals surface area contributed by atoms with Crippen LogP contribution in [0, 0.1) is 0 Å². The van der Waals surface area contributed by atoms with Gasteiger partial charge in [-0.05, 0) is 63.1 Å². The summed E-state index contributed by atoms with van der Waals surface area (Å²) in [6.45, 7) is 2.38. The zero-order chi connectivity index (χ0) is 20.6. The van der Waals surface area contributed by atoms with Gasteiger partial charge >= 0.3 is 0 Å². The third kappa shape index (κ3) is 3.28. The van der Waals surface area contributed by atoms with Gasteiger partial charge in [-0.2, -0.15) is 12.6 Å². The monoisotopic (exact) mass is 406 g/mol. The van der Waals surface area contributed by atoms with Gasteiger partial charge in [0, 0.05) is 5.41 Å². The molecule has 0 nitrogen and oxygen atoms in total. The van der Waals surface area contributed by atoms with E-state index in [1.165, 1.54) is 44.5 Å². The van der Waals surface area contributed by atoms with Crippen molar-refractivity contribution in [3.05, 3.63) is 119 Å². The maximum Gasteiger partial charge on any atom is 0.0194 e. The van der Waals surface area contributed by atoms with Crippen molar-refractivity contribution in [2.45, 2.75) is 25.2 Å². The Morgan fingerprint density at radius 1 is 0.633 bits per heavy atom. The molecule has 5 rings (SSSR count). The molecule has 0 N–H and O–H groups in total. The molecule has 0 bridgehead atoms. The van der Waals surface area contributed by atoms with Crippen LogP contribution in [-0.4, -0.2) is 5.75 Å². The summed E-state index contributed by atoms with van der Waals surface area (Å²) in [5, 5.41) is 0. The highest BCUT2D eigenvalue weighted by Gasteiger charge is 2.38. The molecular weight excluding hydrogens is 380 g/mol. The third-order valence-corrected chi connectivity index (χ3v) is 6.79. The molecule has 1 atom stereocenters. The Balaban J connectivity index is 1.46. The van der Waals surface area contributed by atoms with E-state index in [1.54, 1.807) is 0 Å². The Morgan fingerprint density at radius 2 is 1.27 bits per heavy atom. The Hall–Kier alpha value is -2.77. The van der Waals surface area contributed by atoms with Gasteiger partial charge in [-0.3, -0.25) is 0 Å². The van der Waals surface area contributed by atoms with Crippen molar-refractivity contribution < 1.29 is 0 Å². The number of rotatable bonds is 5. The van der Waals surface area contributed by atoms with Crippen LogP contribution in [0.3, 0.4) is 0 Å². The second-order valence-corrected chi connectivity index (χ2v) is 8.92. The van der Waals surface area contributed by atoms with Crippen molar-refractivity contribution >= 4 is 12.6 Å². The topological polar surface area (TPSA) is 0 Å². The molecule has 1 aliphatic rings. The molecule has 4 aromatic rings. The Morgan fingerprint density at radius 3 is 2.03 bits per heavy atom. The van der Waals surface area contributed by atoms with Gasteiger partial charge in [-0.15, -0.1) is 0 Å². The van der Waals surface area contributed by atoms with Crippen LogP contribution in [0.2, 0.25) is 0 Å². The average molecular weight is 407 g/mol. The molecule has 1 heteroatoms. The van der Waals surface area contributed by atoms with Gasteiger partial charge < -0.3 is 0 Å². The van der Waals surface area contributed by atoms with Crippen LogP contribution in [0.5, 0.6) is 0 Å². The largest absolute Gasteiger partial charge is 0.179 e. The van der Waals surface area contributed by atoms with Crippen LogP contribution in [-0.2, 0) is 11.8 Å². The average Bonchev–Trinajstić information content (AvgIpc) is 3.04. The van der Waals surface area contributed by atoms with E-state index in [4.69, 9.17) is 0 Å². The first kappa shape index (κ1) is 19.2. The summed E-state index contributed by atoms with van der Waals surface area (Å²) >= 11 is 4.58. The summed E-state index contributed by atoms with van der Waals surface area (Å²) in [7, 11) is 0. The Bertz CT molecular complexity index is 1170. The summed E-state index contributed by atoms with van der Waals surface area (Å²) in [4.78, 5) is 0. The maximum atomic E-state index is 4.58. The molecule has 0 fully saturated rings. The summed E-state index contributed by atoms with van der Waals surface area (Å²) in [6, 6.07) is 35.5. The summed E-state index contributed by atoms with van der Waals surface area (Å²) in [6.07, 6.45) is 2.00. The number of benzene rings is 4. The molecule has 30 heavy (non-hydrogen) atoms. The van der Waals surface area contributed by atoms with E-state index in [9.17, 15) is 0 Å². The molecule has 1 unspecified atom stereocenters. The molecule has 0 radical (unpaired) electrons. The fraction of sp³-hybridized carbons (Fsp3) is 0.172. The first-order chi connectivity index (χ1) is 14.7. The molecule has 0 spiro atoms. The lowest BCUT2D eigenvalue weighted by Gasteiger charge is -2.27. The Kier molecular flexibility index (Phi) is 5.00. The van der Waals surface area contributed by atoms with Gasteiger partial charge in [0.05, 0.1) is 0 Å². The highest BCUT2D eigenvalue weighted by Crippen LogP contribution is 2.50. The minimum absolute atomic E-state index is 0.0425. The van der Waals surface area contributed by atoms with E-state index in [2.05, 4.69) is 117 Å². The SMILES string of the molecule is CC1(CCS)c2ccccc2-c2ccc(Cc3ccc(-c4ccccc4)cc3)cc21. The molecule has 0 heterocycles. The van der Waals surface area contributed by atoms with Gasteiger partial charge in [0.15, 0.2) is 0 Å². The van der Waals surface area contributed by atoms with E-state index >= 15 is 0 Å². The molecule has 0 amide bonds. The molecule has 0 aliphatic heterocycles. The lowest BCUT2D eigenvalue weighted by Crippen LogP contribution is -2.21. The van der Waals surface area contributed by atoms with E-state index in [0.717, 1.165) is 18.6 Å². The number of hydrogen-bond acceptors (Lipinski definition) is 1. The van der Waals surface area contributed by atoms with Crippen molar-refractivity contribution in [1.82, 2.24) is 0 Å². The van der Waals surface area contributed by atoms with Crippen LogP contribution < -0.4 is 0 Å². The lowest BCUT2D eigenvalue weighted by atomic mass is 9.77. The first-order valence-corrected chi connectivity index (χ1v) is 11.3.